The highest BCUT2D eigenvalue weighted by molar-refractivity contribution is 5.57. The second-order valence-corrected chi connectivity index (χ2v) is 9.06. The molecule has 0 fully saturated rings. The van der Waals surface area contributed by atoms with Gasteiger partial charge in [-0.05, 0) is 62.7 Å². The Morgan fingerprint density at radius 3 is 2.44 bits per heavy atom. The van der Waals surface area contributed by atoms with E-state index >= 15 is 0 Å². The zero-order valence-corrected chi connectivity index (χ0v) is 20.4. The molecule has 0 unspecified atom stereocenters. The Hall–Kier alpha value is -3.86. The third-order valence-electron chi connectivity index (χ3n) is 5.10. The largest absolute Gasteiger partial charge is 0.493 e. The molecule has 0 aliphatic heterocycles. The molecule has 1 N–H and O–H groups in total. The SMILES string of the molecule is Cc1nc(-c2nc(-c3ccc(OC(C)(F)F)cc3)no2)nn1Cc1cccc(OCCC(C)(C)O)c1. The summed E-state index contributed by atoms with van der Waals surface area (Å²) in [6.45, 7) is 6.83. The number of aryl methyl sites for hydroxylation is 1. The molecule has 190 valence electrons. The van der Waals surface area contributed by atoms with Gasteiger partial charge in [-0.25, -0.2) is 9.67 Å². The average Bonchev–Trinajstić information content (AvgIpc) is 3.40. The van der Waals surface area contributed by atoms with Gasteiger partial charge in [0.2, 0.25) is 11.6 Å². The van der Waals surface area contributed by atoms with E-state index in [9.17, 15) is 13.9 Å². The molecule has 2 aromatic heterocycles. The maximum Gasteiger partial charge on any atom is 0.394 e. The van der Waals surface area contributed by atoms with Crippen molar-refractivity contribution in [2.24, 2.45) is 0 Å². The van der Waals surface area contributed by atoms with Gasteiger partial charge in [0.1, 0.15) is 17.3 Å². The second-order valence-electron chi connectivity index (χ2n) is 9.06. The maximum absolute atomic E-state index is 13.0. The first-order chi connectivity index (χ1) is 16.9. The van der Waals surface area contributed by atoms with Crippen LogP contribution in [0.1, 0.15) is 38.6 Å². The van der Waals surface area contributed by atoms with Crippen molar-refractivity contribution in [3.05, 3.63) is 59.9 Å². The lowest BCUT2D eigenvalue weighted by Crippen LogP contribution is -2.21. The van der Waals surface area contributed by atoms with E-state index in [4.69, 9.17) is 9.26 Å². The molecule has 2 heterocycles. The first-order valence-electron chi connectivity index (χ1n) is 11.3. The van der Waals surface area contributed by atoms with Crippen molar-refractivity contribution in [1.82, 2.24) is 24.9 Å². The van der Waals surface area contributed by atoms with Crippen LogP contribution in [0.25, 0.3) is 23.1 Å². The van der Waals surface area contributed by atoms with Crippen LogP contribution in [0.4, 0.5) is 8.78 Å². The quantitative estimate of drug-likeness (QED) is 0.329. The number of alkyl halides is 2. The van der Waals surface area contributed by atoms with Crippen LogP contribution in [-0.2, 0) is 6.54 Å². The number of benzene rings is 2. The fraction of sp³-hybridized carbons (Fsp3) is 0.360. The van der Waals surface area contributed by atoms with Crippen LogP contribution in [-0.4, -0.2) is 48.3 Å². The molecular weight excluding hydrogens is 472 g/mol. The molecule has 4 aromatic rings. The Kier molecular flexibility index (Phi) is 7.02. The van der Waals surface area contributed by atoms with Crippen molar-refractivity contribution in [2.75, 3.05) is 6.61 Å². The Bertz CT molecular complexity index is 1310. The van der Waals surface area contributed by atoms with Crippen LogP contribution >= 0.6 is 0 Å². The summed E-state index contributed by atoms with van der Waals surface area (Å²) in [6.07, 6.45) is -2.75. The molecule has 0 aliphatic rings. The number of hydrogen-bond donors (Lipinski definition) is 1. The average molecular weight is 500 g/mol. The Labute approximate surface area is 206 Å². The van der Waals surface area contributed by atoms with E-state index in [-0.39, 0.29) is 23.3 Å². The van der Waals surface area contributed by atoms with Crippen molar-refractivity contribution in [3.63, 3.8) is 0 Å². The monoisotopic (exact) mass is 499 g/mol. The highest BCUT2D eigenvalue weighted by Crippen LogP contribution is 2.26. The summed E-state index contributed by atoms with van der Waals surface area (Å²) >= 11 is 0. The highest BCUT2D eigenvalue weighted by Gasteiger charge is 2.23. The molecule has 2 aromatic carbocycles. The topological polar surface area (TPSA) is 108 Å². The third kappa shape index (κ3) is 6.85. The standard InChI is InChI=1S/C25H27F2N5O4/c1-16-28-22(23-29-21(31-36-23)18-8-10-19(11-9-18)35-25(4,26)27)30-32(16)15-17-6-5-7-20(14-17)34-13-12-24(2,3)33/h5-11,14,33H,12-13,15H2,1-4H3. The molecule has 0 atom stereocenters. The van der Waals surface area contributed by atoms with Gasteiger partial charge in [-0.2, -0.15) is 13.8 Å². The first-order valence-corrected chi connectivity index (χ1v) is 11.3. The van der Waals surface area contributed by atoms with Crippen LogP contribution in [0, 0.1) is 6.92 Å². The van der Waals surface area contributed by atoms with Gasteiger partial charge in [-0.1, -0.05) is 17.3 Å². The summed E-state index contributed by atoms with van der Waals surface area (Å²) in [5.41, 5.74) is 0.737. The smallest absolute Gasteiger partial charge is 0.394 e. The van der Waals surface area contributed by atoms with Crippen LogP contribution in [0.15, 0.2) is 53.1 Å². The van der Waals surface area contributed by atoms with E-state index in [0.717, 1.165) is 5.56 Å². The molecule has 0 bridgehead atoms. The van der Waals surface area contributed by atoms with Gasteiger partial charge in [0, 0.05) is 18.9 Å². The molecule has 0 amide bonds. The second kappa shape index (κ2) is 10.0. The lowest BCUT2D eigenvalue weighted by molar-refractivity contribution is -0.158. The molecule has 0 spiro atoms. The number of hydrogen-bond acceptors (Lipinski definition) is 8. The van der Waals surface area contributed by atoms with E-state index in [2.05, 4.69) is 25.0 Å². The van der Waals surface area contributed by atoms with Crippen molar-refractivity contribution in [2.45, 2.75) is 52.4 Å². The molecular formula is C25H27F2N5O4. The third-order valence-corrected chi connectivity index (χ3v) is 5.10. The molecule has 9 nitrogen and oxygen atoms in total. The molecule has 0 saturated heterocycles. The fourth-order valence-corrected chi connectivity index (χ4v) is 3.30. The number of aliphatic hydroxyl groups is 1. The highest BCUT2D eigenvalue weighted by atomic mass is 19.3. The molecule has 0 saturated carbocycles. The summed E-state index contributed by atoms with van der Waals surface area (Å²) < 4.78 is 43.4. The normalized spacial score (nSPS) is 12.1. The van der Waals surface area contributed by atoms with Crippen LogP contribution in [0.5, 0.6) is 11.5 Å². The minimum atomic E-state index is -3.27. The van der Waals surface area contributed by atoms with Gasteiger partial charge in [0.05, 0.1) is 18.8 Å². The minimum Gasteiger partial charge on any atom is -0.493 e. The van der Waals surface area contributed by atoms with Gasteiger partial charge in [-0.15, -0.1) is 5.10 Å². The predicted octanol–water partition coefficient (Wildman–Crippen LogP) is 4.88. The van der Waals surface area contributed by atoms with E-state index in [1.54, 1.807) is 30.7 Å². The number of rotatable bonds is 10. The maximum atomic E-state index is 13.0. The summed E-state index contributed by atoms with van der Waals surface area (Å²) in [4.78, 5) is 8.77. The van der Waals surface area contributed by atoms with Crippen molar-refractivity contribution >= 4 is 0 Å². The Morgan fingerprint density at radius 2 is 1.75 bits per heavy atom. The number of aromatic nitrogens is 5. The van der Waals surface area contributed by atoms with E-state index < -0.39 is 11.7 Å². The Morgan fingerprint density at radius 1 is 1.00 bits per heavy atom. The number of ether oxygens (including phenoxy) is 2. The van der Waals surface area contributed by atoms with E-state index in [1.165, 1.54) is 12.1 Å². The predicted molar refractivity (Wildman–Crippen MR) is 127 cm³/mol. The molecule has 4 rings (SSSR count). The van der Waals surface area contributed by atoms with Gasteiger partial charge in [-0.3, -0.25) is 0 Å². The lowest BCUT2D eigenvalue weighted by atomic mass is 10.1. The van der Waals surface area contributed by atoms with Gasteiger partial charge >= 0.3 is 6.11 Å². The van der Waals surface area contributed by atoms with E-state index in [0.29, 0.717) is 43.6 Å². The molecule has 0 aliphatic carbocycles. The molecule has 0 radical (unpaired) electrons. The van der Waals surface area contributed by atoms with Crippen molar-refractivity contribution < 1.29 is 27.9 Å². The summed E-state index contributed by atoms with van der Waals surface area (Å²) in [6, 6.07) is 13.6. The van der Waals surface area contributed by atoms with Gasteiger partial charge < -0.3 is 19.1 Å². The van der Waals surface area contributed by atoms with Gasteiger partial charge in [0.15, 0.2) is 0 Å². The van der Waals surface area contributed by atoms with Gasteiger partial charge in [0.25, 0.3) is 5.89 Å². The van der Waals surface area contributed by atoms with Crippen LogP contribution in [0.2, 0.25) is 0 Å². The number of halogens is 2. The summed E-state index contributed by atoms with van der Waals surface area (Å²) in [5, 5.41) is 18.3. The Balaban J connectivity index is 1.44. The zero-order chi connectivity index (χ0) is 25.9. The lowest BCUT2D eigenvalue weighted by Gasteiger charge is -2.17. The summed E-state index contributed by atoms with van der Waals surface area (Å²) in [7, 11) is 0. The van der Waals surface area contributed by atoms with E-state index in [1.807, 2.05) is 31.2 Å². The molecule has 11 heteroatoms. The van der Waals surface area contributed by atoms with Crippen LogP contribution < -0.4 is 9.47 Å². The van der Waals surface area contributed by atoms with Crippen LogP contribution in [0.3, 0.4) is 0 Å². The van der Waals surface area contributed by atoms with Crippen molar-refractivity contribution in [1.29, 1.82) is 0 Å². The summed E-state index contributed by atoms with van der Waals surface area (Å²) in [5.74, 6) is 2.06. The first kappa shape index (κ1) is 25.2. The zero-order valence-electron chi connectivity index (χ0n) is 20.4. The van der Waals surface area contributed by atoms with Crippen molar-refractivity contribution in [3.8, 4) is 34.6 Å². The fourth-order valence-electron chi connectivity index (χ4n) is 3.30. The minimum absolute atomic E-state index is 0.0257. The molecule has 36 heavy (non-hydrogen) atoms. The number of nitrogens with zero attached hydrogens (tertiary/aromatic N) is 5.